The van der Waals surface area contributed by atoms with E-state index in [4.69, 9.17) is 10.1 Å². The van der Waals surface area contributed by atoms with Gasteiger partial charge in [-0.2, -0.15) is 0 Å². The van der Waals surface area contributed by atoms with Crippen molar-refractivity contribution in [1.29, 1.82) is 5.41 Å². The number of allylic oxidation sites excluding steroid dienone is 1. The first-order valence-electron chi connectivity index (χ1n) is 13.9. The van der Waals surface area contributed by atoms with Gasteiger partial charge in [-0.1, -0.05) is 45.3 Å². The predicted octanol–water partition coefficient (Wildman–Crippen LogP) is 6.77. The van der Waals surface area contributed by atoms with Crippen LogP contribution in [0.4, 0.5) is 0 Å². The second-order valence-corrected chi connectivity index (χ2v) is 12.9. The number of fused-ring (bicyclic) bond motifs is 5. The summed E-state index contributed by atoms with van der Waals surface area (Å²) >= 11 is 0. The van der Waals surface area contributed by atoms with Crippen molar-refractivity contribution in [3.05, 3.63) is 11.1 Å². The van der Waals surface area contributed by atoms with Crippen molar-refractivity contribution in [2.45, 2.75) is 110 Å². The Bertz CT molecular complexity index is 773. The summed E-state index contributed by atoms with van der Waals surface area (Å²) in [7, 11) is 0. The van der Waals surface area contributed by atoms with Crippen LogP contribution < -0.4 is 5.32 Å². The Kier molecular flexibility index (Phi) is 6.15. The molecule has 3 nitrogen and oxygen atoms in total. The van der Waals surface area contributed by atoms with E-state index < -0.39 is 0 Å². The zero-order valence-corrected chi connectivity index (χ0v) is 21.4. The molecule has 32 heavy (non-hydrogen) atoms. The fraction of sp³-hybridized carbons (Fsp3) is 0.897. The van der Waals surface area contributed by atoms with Crippen molar-refractivity contribution in [1.82, 2.24) is 5.32 Å². The van der Waals surface area contributed by atoms with Gasteiger partial charge >= 0.3 is 0 Å². The molecule has 1 saturated heterocycles. The van der Waals surface area contributed by atoms with Gasteiger partial charge in [-0.25, -0.2) is 0 Å². The summed E-state index contributed by atoms with van der Waals surface area (Å²) in [5, 5.41) is 12.1. The Morgan fingerprint density at radius 1 is 1.19 bits per heavy atom. The number of rotatable bonds is 4. The molecule has 4 fully saturated rings. The summed E-state index contributed by atoms with van der Waals surface area (Å²) in [5.41, 5.74) is 5.09. The average Bonchev–Trinajstić information content (AvgIpc) is 3.25. The van der Waals surface area contributed by atoms with E-state index in [1.165, 1.54) is 44.9 Å². The third-order valence-electron chi connectivity index (χ3n) is 11.4. The summed E-state index contributed by atoms with van der Waals surface area (Å²) < 4.78 is 6.72. The number of ether oxygens (including phenoxy) is 1. The molecule has 0 aromatic heterocycles. The topological polar surface area (TPSA) is 45.1 Å². The lowest BCUT2D eigenvalue weighted by atomic mass is 9.52. The molecule has 0 aromatic carbocycles. The van der Waals surface area contributed by atoms with Crippen LogP contribution in [0.5, 0.6) is 0 Å². The fourth-order valence-corrected chi connectivity index (χ4v) is 8.85. The molecule has 180 valence electrons. The van der Waals surface area contributed by atoms with Gasteiger partial charge in [-0.3, -0.25) is 0 Å². The third kappa shape index (κ3) is 3.65. The van der Waals surface area contributed by atoms with E-state index in [1.807, 2.05) is 5.57 Å². The predicted molar refractivity (Wildman–Crippen MR) is 133 cm³/mol. The Hall–Kier alpha value is -0.670. The molecule has 3 saturated carbocycles. The van der Waals surface area contributed by atoms with Crippen LogP contribution in [0, 0.1) is 46.3 Å². The first-order valence-corrected chi connectivity index (χ1v) is 13.9. The molecule has 0 unspecified atom stereocenters. The largest absolute Gasteiger partial charge is 0.373 e. The quantitative estimate of drug-likeness (QED) is 0.474. The van der Waals surface area contributed by atoms with Gasteiger partial charge in [-0.05, 0) is 106 Å². The van der Waals surface area contributed by atoms with Gasteiger partial charge in [-0.15, -0.1) is 0 Å². The molecule has 2 N–H and O–H groups in total. The van der Waals surface area contributed by atoms with Gasteiger partial charge in [0.05, 0.1) is 12.2 Å². The van der Waals surface area contributed by atoms with E-state index in [2.05, 4.69) is 39.9 Å². The summed E-state index contributed by atoms with van der Waals surface area (Å²) in [4.78, 5) is 0. The lowest BCUT2D eigenvalue weighted by Gasteiger charge is -2.52. The van der Waals surface area contributed by atoms with E-state index in [0.29, 0.717) is 17.4 Å². The van der Waals surface area contributed by atoms with Crippen LogP contribution in [-0.4, -0.2) is 30.5 Å². The normalized spacial score (nSPS) is 47.2. The summed E-state index contributed by atoms with van der Waals surface area (Å²) in [6.45, 7) is 14.2. The zero-order valence-electron chi connectivity index (χ0n) is 21.4. The van der Waals surface area contributed by atoms with Crippen LogP contribution in [0.15, 0.2) is 11.1 Å². The fourth-order valence-electron chi connectivity index (χ4n) is 8.85. The highest BCUT2D eigenvalue weighted by atomic mass is 16.5. The van der Waals surface area contributed by atoms with Gasteiger partial charge < -0.3 is 15.5 Å². The van der Waals surface area contributed by atoms with Crippen molar-refractivity contribution in [3.8, 4) is 0 Å². The zero-order chi connectivity index (χ0) is 22.7. The summed E-state index contributed by atoms with van der Waals surface area (Å²) in [5.74, 6) is 4.67. The molecule has 1 aliphatic heterocycles. The molecule has 0 aromatic rings. The van der Waals surface area contributed by atoms with Gasteiger partial charge in [0.25, 0.3) is 0 Å². The molecule has 5 rings (SSSR count). The molecule has 1 spiro atoms. The molecule has 5 aliphatic rings. The van der Waals surface area contributed by atoms with E-state index in [-0.39, 0.29) is 5.60 Å². The Labute approximate surface area is 197 Å². The molecular weight excluding hydrogens is 392 g/mol. The Balaban J connectivity index is 1.34. The van der Waals surface area contributed by atoms with Crippen LogP contribution in [0.25, 0.3) is 0 Å². The maximum atomic E-state index is 8.27. The minimum absolute atomic E-state index is 0.0606. The third-order valence-corrected chi connectivity index (χ3v) is 11.4. The van der Waals surface area contributed by atoms with E-state index in [0.717, 1.165) is 67.7 Å². The highest BCUT2D eigenvalue weighted by Crippen LogP contribution is 2.64. The second-order valence-electron chi connectivity index (χ2n) is 12.9. The Morgan fingerprint density at radius 3 is 2.78 bits per heavy atom. The maximum Gasteiger partial charge on any atom is 0.0761 e. The average molecular weight is 441 g/mol. The lowest BCUT2D eigenvalue weighted by Crippen LogP contribution is -2.46. The number of hydrogen-bond donors (Lipinski definition) is 2. The lowest BCUT2D eigenvalue weighted by molar-refractivity contribution is -0.0347. The highest BCUT2D eigenvalue weighted by Gasteiger charge is 2.57. The van der Waals surface area contributed by atoms with Crippen molar-refractivity contribution in [3.63, 3.8) is 0 Å². The van der Waals surface area contributed by atoms with E-state index >= 15 is 0 Å². The van der Waals surface area contributed by atoms with Crippen molar-refractivity contribution >= 4 is 5.71 Å². The summed E-state index contributed by atoms with van der Waals surface area (Å²) in [6, 6.07) is 0.513. The van der Waals surface area contributed by atoms with Crippen molar-refractivity contribution < 1.29 is 4.74 Å². The first-order chi connectivity index (χ1) is 15.3. The standard InChI is InChI=1S/C29H48N2O/c1-6-18(2)16-31-27-17-32-29(20(27)4)12-10-23-24-8-7-21-13-22(30)9-11-28(21,5)26(24)14-25(23)19(3)15-29/h18,20-21,23-24,26-27,30-31H,6-17H2,1-5H3/t18-,20+,21+,23-,24-,26-,27+,28-,29-/m0/s1. The second kappa shape index (κ2) is 8.52. The number of hydrogen-bond acceptors (Lipinski definition) is 3. The summed E-state index contributed by atoms with van der Waals surface area (Å²) in [6.07, 6.45) is 12.5. The monoisotopic (exact) mass is 440 g/mol. The molecule has 4 aliphatic carbocycles. The van der Waals surface area contributed by atoms with Gasteiger partial charge in [0.2, 0.25) is 0 Å². The molecule has 0 amide bonds. The van der Waals surface area contributed by atoms with Crippen LogP contribution in [-0.2, 0) is 4.74 Å². The number of nitrogens with one attached hydrogen (secondary N) is 2. The smallest absolute Gasteiger partial charge is 0.0761 e. The molecule has 9 atom stereocenters. The minimum atomic E-state index is 0.0606. The highest BCUT2D eigenvalue weighted by molar-refractivity contribution is 5.82. The molecule has 1 heterocycles. The Morgan fingerprint density at radius 2 is 2.00 bits per heavy atom. The molecular formula is C29H48N2O. The molecule has 0 radical (unpaired) electrons. The minimum Gasteiger partial charge on any atom is -0.373 e. The van der Waals surface area contributed by atoms with Crippen molar-refractivity contribution in [2.24, 2.45) is 40.9 Å². The van der Waals surface area contributed by atoms with Crippen LogP contribution in [0.3, 0.4) is 0 Å². The molecule has 0 bridgehead atoms. The van der Waals surface area contributed by atoms with Crippen LogP contribution in [0.2, 0.25) is 0 Å². The van der Waals surface area contributed by atoms with Gasteiger partial charge in [0, 0.05) is 17.7 Å². The first kappa shape index (κ1) is 23.1. The SMILES string of the molecule is CC[C@H](C)CN[C@@H]1CO[C@]2(CC[C@@H]3C(=C(C)C2)C[C@H]2[C@H]3CC[C@@H]3CC(=N)CC[C@@]32C)[C@@H]1C. The van der Waals surface area contributed by atoms with Crippen molar-refractivity contribution in [2.75, 3.05) is 13.2 Å². The van der Waals surface area contributed by atoms with E-state index in [1.54, 1.807) is 5.57 Å². The van der Waals surface area contributed by atoms with Crippen LogP contribution >= 0.6 is 0 Å². The van der Waals surface area contributed by atoms with E-state index in [9.17, 15) is 0 Å². The maximum absolute atomic E-state index is 8.27. The van der Waals surface area contributed by atoms with Gasteiger partial charge in [0.15, 0.2) is 0 Å². The van der Waals surface area contributed by atoms with Gasteiger partial charge in [0.1, 0.15) is 0 Å². The molecule has 3 heteroatoms. The van der Waals surface area contributed by atoms with Crippen LogP contribution in [0.1, 0.15) is 98.8 Å².